The predicted octanol–water partition coefficient (Wildman–Crippen LogP) is 0.244. The van der Waals surface area contributed by atoms with Crippen LogP contribution in [0.3, 0.4) is 0 Å². The molecule has 94 valence electrons. The number of hydrogen-bond donors (Lipinski definition) is 2. The maximum absolute atomic E-state index is 11.8. The van der Waals surface area contributed by atoms with E-state index in [2.05, 4.69) is 15.5 Å². The third-order valence-corrected chi connectivity index (χ3v) is 3.75. The van der Waals surface area contributed by atoms with Gasteiger partial charge in [0.2, 0.25) is 5.13 Å². The Balaban J connectivity index is 1.80. The van der Waals surface area contributed by atoms with Crippen LogP contribution in [-0.2, 0) is 4.79 Å². The molecule has 1 amide bonds. The fraction of sp³-hybridized carbons (Fsp3) is 0.727. The van der Waals surface area contributed by atoms with Crippen molar-refractivity contribution in [3.8, 4) is 0 Å². The smallest absolute Gasteiger partial charge is 0.281 e. The number of rotatable bonds is 3. The lowest BCUT2D eigenvalue weighted by molar-refractivity contribution is -0.890. The summed E-state index contributed by atoms with van der Waals surface area (Å²) in [5.74, 6) is 0.0537. The van der Waals surface area contributed by atoms with Crippen LogP contribution in [-0.4, -0.2) is 35.7 Å². The van der Waals surface area contributed by atoms with Gasteiger partial charge in [0.1, 0.15) is 5.01 Å². The van der Waals surface area contributed by atoms with E-state index in [1.165, 1.54) is 41.9 Å². The molecule has 6 heteroatoms. The second kappa shape index (κ2) is 6.07. The molecule has 5 nitrogen and oxygen atoms in total. The minimum Gasteiger partial charge on any atom is -0.327 e. The van der Waals surface area contributed by atoms with Crippen molar-refractivity contribution >= 4 is 22.4 Å². The Morgan fingerprint density at radius 2 is 2.00 bits per heavy atom. The molecular weight excluding hydrogens is 236 g/mol. The molecule has 0 bridgehead atoms. The van der Waals surface area contributed by atoms with E-state index in [4.69, 9.17) is 0 Å². The lowest BCUT2D eigenvalue weighted by Crippen LogP contribution is -3.12. The highest BCUT2D eigenvalue weighted by Gasteiger charge is 2.17. The molecule has 1 saturated heterocycles. The van der Waals surface area contributed by atoms with Crippen molar-refractivity contribution in [3.63, 3.8) is 0 Å². The average molecular weight is 255 g/mol. The molecule has 1 aliphatic rings. The summed E-state index contributed by atoms with van der Waals surface area (Å²) in [4.78, 5) is 13.2. The number of anilines is 1. The van der Waals surface area contributed by atoms with Crippen molar-refractivity contribution in [2.45, 2.75) is 32.6 Å². The Kier molecular flexibility index (Phi) is 4.44. The van der Waals surface area contributed by atoms with Gasteiger partial charge in [0, 0.05) is 0 Å². The normalized spacial score (nSPS) is 17.7. The van der Waals surface area contributed by atoms with Crippen LogP contribution < -0.4 is 10.2 Å². The monoisotopic (exact) mass is 255 g/mol. The molecule has 2 N–H and O–H groups in total. The van der Waals surface area contributed by atoms with Crippen LogP contribution in [0.4, 0.5) is 5.13 Å². The summed E-state index contributed by atoms with van der Waals surface area (Å²) in [6.07, 6.45) is 5.09. The summed E-state index contributed by atoms with van der Waals surface area (Å²) in [5.41, 5.74) is 0. The van der Waals surface area contributed by atoms with Crippen LogP contribution in [0.2, 0.25) is 0 Å². The first kappa shape index (κ1) is 12.4. The highest BCUT2D eigenvalue weighted by Crippen LogP contribution is 2.12. The van der Waals surface area contributed by atoms with E-state index in [-0.39, 0.29) is 5.91 Å². The molecule has 1 aromatic heterocycles. The van der Waals surface area contributed by atoms with E-state index in [0.717, 1.165) is 18.1 Å². The molecule has 0 atom stereocenters. The van der Waals surface area contributed by atoms with Gasteiger partial charge in [-0.1, -0.05) is 11.3 Å². The van der Waals surface area contributed by atoms with E-state index >= 15 is 0 Å². The highest BCUT2D eigenvalue weighted by atomic mass is 32.1. The number of carbonyl (C=O) groups is 1. The molecule has 17 heavy (non-hydrogen) atoms. The lowest BCUT2D eigenvalue weighted by Gasteiger charge is -2.15. The topological polar surface area (TPSA) is 59.3 Å². The van der Waals surface area contributed by atoms with Crippen molar-refractivity contribution in [1.82, 2.24) is 10.2 Å². The predicted molar refractivity (Wildman–Crippen MR) is 67.3 cm³/mol. The van der Waals surface area contributed by atoms with Gasteiger partial charge in [-0.05, 0) is 32.6 Å². The number of quaternary nitrogens is 1. The molecule has 1 fully saturated rings. The molecular formula is C11H19N4OS+. The molecule has 2 heterocycles. The molecule has 2 rings (SSSR count). The van der Waals surface area contributed by atoms with Crippen LogP contribution in [0.15, 0.2) is 0 Å². The van der Waals surface area contributed by atoms with Gasteiger partial charge in [-0.2, -0.15) is 0 Å². The van der Waals surface area contributed by atoms with E-state index in [1.807, 2.05) is 6.92 Å². The number of amides is 1. The van der Waals surface area contributed by atoms with Crippen LogP contribution in [0.5, 0.6) is 0 Å². The van der Waals surface area contributed by atoms with E-state index in [0.29, 0.717) is 11.7 Å². The van der Waals surface area contributed by atoms with E-state index < -0.39 is 0 Å². The zero-order valence-corrected chi connectivity index (χ0v) is 11.0. The van der Waals surface area contributed by atoms with Crippen molar-refractivity contribution in [3.05, 3.63) is 5.01 Å². The summed E-state index contributed by atoms with van der Waals surface area (Å²) in [5, 5.41) is 12.1. The number of nitrogens with one attached hydrogen (secondary N) is 2. The quantitative estimate of drug-likeness (QED) is 0.813. The first-order valence-corrected chi connectivity index (χ1v) is 6.99. The minimum absolute atomic E-state index is 0.0537. The standard InChI is InChI=1S/C11H18N4OS/c1-9-13-14-11(17-9)12-10(16)8-15-6-4-2-3-5-7-15/h2-8H2,1H3,(H,12,14,16)/p+1. The molecule has 1 aromatic rings. The Hall–Kier alpha value is -1.01. The van der Waals surface area contributed by atoms with Crippen molar-refractivity contribution in [2.75, 3.05) is 25.0 Å². The van der Waals surface area contributed by atoms with Gasteiger partial charge in [-0.25, -0.2) is 0 Å². The lowest BCUT2D eigenvalue weighted by atomic mass is 10.2. The number of hydrogen-bond acceptors (Lipinski definition) is 4. The fourth-order valence-corrected chi connectivity index (χ4v) is 2.75. The molecule has 0 saturated carbocycles. The summed E-state index contributed by atoms with van der Waals surface area (Å²) in [7, 11) is 0. The van der Waals surface area contributed by atoms with Gasteiger partial charge in [-0.3, -0.25) is 10.1 Å². The Morgan fingerprint density at radius 3 is 2.59 bits per heavy atom. The van der Waals surface area contributed by atoms with Gasteiger partial charge >= 0.3 is 0 Å². The number of carbonyl (C=O) groups excluding carboxylic acids is 1. The molecule has 0 radical (unpaired) electrons. The number of likely N-dealkylation sites (tertiary alicyclic amines) is 1. The van der Waals surface area contributed by atoms with Crippen LogP contribution >= 0.6 is 11.3 Å². The number of aromatic nitrogens is 2. The second-order valence-electron chi connectivity index (χ2n) is 4.52. The van der Waals surface area contributed by atoms with E-state index in [9.17, 15) is 4.79 Å². The summed E-state index contributed by atoms with van der Waals surface area (Å²) in [6, 6.07) is 0. The zero-order chi connectivity index (χ0) is 12.1. The van der Waals surface area contributed by atoms with Crippen LogP contribution in [0.1, 0.15) is 30.7 Å². The van der Waals surface area contributed by atoms with Gasteiger partial charge in [-0.15, -0.1) is 10.2 Å². The first-order valence-electron chi connectivity index (χ1n) is 6.17. The van der Waals surface area contributed by atoms with Crippen molar-refractivity contribution in [2.24, 2.45) is 0 Å². The SMILES string of the molecule is Cc1nnc(NC(=O)C[NH+]2CCCCCC2)s1. The van der Waals surface area contributed by atoms with Crippen LogP contribution in [0, 0.1) is 6.92 Å². The fourth-order valence-electron chi connectivity index (χ4n) is 2.14. The van der Waals surface area contributed by atoms with Gasteiger partial charge in [0.05, 0.1) is 13.1 Å². The van der Waals surface area contributed by atoms with Crippen molar-refractivity contribution in [1.29, 1.82) is 0 Å². The minimum atomic E-state index is 0.0537. The number of aryl methyl sites for hydroxylation is 1. The largest absolute Gasteiger partial charge is 0.327 e. The molecule has 0 aromatic carbocycles. The van der Waals surface area contributed by atoms with Crippen molar-refractivity contribution < 1.29 is 9.69 Å². The van der Waals surface area contributed by atoms with Gasteiger partial charge in [0.25, 0.3) is 5.91 Å². The maximum Gasteiger partial charge on any atom is 0.281 e. The third kappa shape index (κ3) is 4.05. The van der Waals surface area contributed by atoms with E-state index in [1.54, 1.807) is 0 Å². The van der Waals surface area contributed by atoms with Gasteiger partial charge in [0.15, 0.2) is 6.54 Å². The summed E-state index contributed by atoms with van der Waals surface area (Å²) in [6.45, 7) is 4.66. The first-order chi connectivity index (χ1) is 8.24. The summed E-state index contributed by atoms with van der Waals surface area (Å²) < 4.78 is 0. The highest BCUT2D eigenvalue weighted by molar-refractivity contribution is 7.15. The molecule has 1 aliphatic heterocycles. The molecule has 0 unspecified atom stereocenters. The molecule has 0 aliphatic carbocycles. The maximum atomic E-state index is 11.8. The average Bonchev–Trinajstić information content (AvgIpc) is 2.53. The number of nitrogens with zero attached hydrogens (tertiary/aromatic N) is 2. The molecule has 0 spiro atoms. The zero-order valence-electron chi connectivity index (χ0n) is 10.2. The third-order valence-electron chi connectivity index (χ3n) is 2.99. The Labute approximate surface area is 105 Å². The Bertz CT molecular complexity index is 371. The van der Waals surface area contributed by atoms with Crippen LogP contribution in [0.25, 0.3) is 0 Å². The summed E-state index contributed by atoms with van der Waals surface area (Å²) >= 11 is 1.42. The van der Waals surface area contributed by atoms with Gasteiger partial charge < -0.3 is 4.90 Å². The second-order valence-corrected chi connectivity index (χ2v) is 5.70. The Morgan fingerprint density at radius 1 is 1.29 bits per heavy atom.